The molecule has 0 radical (unpaired) electrons. The van der Waals surface area contributed by atoms with Gasteiger partial charge in [-0.15, -0.1) is 0 Å². The number of benzene rings is 1. The molecule has 0 aliphatic heterocycles. The normalized spacial score (nSPS) is 9.50. The zero-order valence-corrected chi connectivity index (χ0v) is 9.11. The molecule has 0 N–H and O–H groups in total. The molecule has 0 bridgehead atoms. The number of nitrogens with zero attached hydrogens (tertiary/aromatic N) is 3. The van der Waals surface area contributed by atoms with Gasteiger partial charge in [0.2, 0.25) is 5.75 Å². The fourth-order valence-electron chi connectivity index (χ4n) is 1.33. The van der Waals surface area contributed by atoms with Gasteiger partial charge in [-0.1, -0.05) is 12.1 Å². The van der Waals surface area contributed by atoms with E-state index in [9.17, 15) is 10.1 Å². The maximum absolute atomic E-state index is 10.8. The van der Waals surface area contributed by atoms with Crippen molar-refractivity contribution in [1.82, 2.24) is 4.98 Å². The van der Waals surface area contributed by atoms with Gasteiger partial charge in [0, 0.05) is 6.07 Å². The zero-order valence-electron chi connectivity index (χ0n) is 9.11. The maximum atomic E-state index is 10.8. The molecule has 1 aromatic carbocycles. The van der Waals surface area contributed by atoms with Crippen LogP contribution in [0.2, 0.25) is 0 Å². The molecule has 0 saturated carbocycles. The summed E-state index contributed by atoms with van der Waals surface area (Å²) in [6.45, 7) is 0. The van der Waals surface area contributed by atoms with Crippen molar-refractivity contribution in [2.75, 3.05) is 0 Å². The van der Waals surface area contributed by atoms with Crippen molar-refractivity contribution >= 4 is 5.69 Å². The molecule has 0 aliphatic rings. The van der Waals surface area contributed by atoms with Crippen LogP contribution in [0.4, 0.5) is 5.69 Å². The molecule has 0 unspecified atom stereocenters. The third kappa shape index (κ3) is 2.41. The van der Waals surface area contributed by atoms with Gasteiger partial charge in [0.15, 0.2) is 0 Å². The van der Waals surface area contributed by atoms with Gasteiger partial charge >= 0.3 is 5.69 Å². The summed E-state index contributed by atoms with van der Waals surface area (Å²) >= 11 is 0. The van der Waals surface area contributed by atoms with Crippen LogP contribution in [0, 0.1) is 21.4 Å². The van der Waals surface area contributed by atoms with Crippen molar-refractivity contribution < 1.29 is 9.66 Å². The Balaban J connectivity index is 2.28. The third-order valence-electron chi connectivity index (χ3n) is 2.14. The van der Waals surface area contributed by atoms with Crippen LogP contribution in [-0.2, 0) is 0 Å². The van der Waals surface area contributed by atoms with E-state index in [1.807, 2.05) is 6.07 Å². The van der Waals surface area contributed by atoms with Gasteiger partial charge in [0.25, 0.3) is 0 Å². The number of ether oxygens (including phenoxy) is 1. The molecular weight excluding hydrogens is 234 g/mol. The number of rotatable bonds is 3. The summed E-state index contributed by atoms with van der Waals surface area (Å²) in [5, 5.41) is 19.4. The average Bonchev–Trinajstić information content (AvgIpc) is 2.40. The second-order valence-corrected chi connectivity index (χ2v) is 3.32. The van der Waals surface area contributed by atoms with E-state index >= 15 is 0 Å². The number of nitro benzene ring substituents is 1. The van der Waals surface area contributed by atoms with E-state index in [4.69, 9.17) is 10.00 Å². The smallest absolute Gasteiger partial charge is 0.311 e. The fourth-order valence-corrected chi connectivity index (χ4v) is 1.33. The molecular formula is C12H7N3O3. The van der Waals surface area contributed by atoms with E-state index in [0.29, 0.717) is 5.75 Å². The van der Waals surface area contributed by atoms with Crippen LogP contribution >= 0.6 is 0 Å². The van der Waals surface area contributed by atoms with E-state index in [1.165, 1.54) is 30.5 Å². The quantitative estimate of drug-likeness (QED) is 0.608. The standard InChI is InChI=1S/C12H7N3O3/c13-7-9-5-6-10(8-14-9)18-12-4-2-1-3-11(12)15(16)17/h1-6,8H. The number of hydrogen-bond donors (Lipinski definition) is 0. The fraction of sp³-hybridized carbons (Fsp3) is 0. The molecule has 18 heavy (non-hydrogen) atoms. The van der Waals surface area contributed by atoms with Crippen LogP contribution in [0.5, 0.6) is 11.5 Å². The molecule has 2 rings (SSSR count). The predicted molar refractivity (Wildman–Crippen MR) is 62.1 cm³/mol. The maximum Gasteiger partial charge on any atom is 0.311 e. The molecule has 0 fully saturated rings. The molecule has 1 heterocycles. The SMILES string of the molecule is N#Cc1ccc(Oc2ccccc2[N+](=O)[O-])cn1. The monoisotopic (exact) mass is 241 g/mol. The Labute approximate surface area is 102 Å². The molecule has 88 valence electrons. The first-order chi connectivity index (χ1) is 8.70. The van der Waals surface area contributed by atoms with Crippen LogP contribution in [-0.4, -0.2) is 9.91 Å². The summed E-state index contributed by atoms with van der Waals surface area (Å²) in [6, 6.07) is 10.9. The minimum Gasteiger partial charge on any atom is -0.449 e. The highest BCUT2D eigenvalue weighted by Crippen LogP contribution is 2.30. The molecule has 6 heteroatoms. The topological polar surface area (TPSA) is 89.0 Å². The Kier molecular flexibility index (Phi) is 3.16. The second-order valence-electron chi connectivity index (χ2n) is 3.32. The van der Waals surface area contributed by atoms with E-state index < -0.39 is 4.92 Å². The van der Waals surface area contributed by atoms with Gasteiger partial charge in [-0.05, 0) is 18.2 Å². The van der Waals surface area contributed by atoms with E-state index in [-0.39, 0.29) is 17.1 Å². The molecule has 0 aliphatic carbocycles. The molecule has 0 spiro atoms. The summed E-state index contributed by atoms with van der Waals surface area (Å²) in [7, 11) is 0. The Morgan fingerprint density at radius 1 is 1.28 bits per heavy atom. The first kappa shape index (κ1) is 11.5. The molecule has 6 nitrogen and oxygen atoms in total. The number of nitriles is 1. The number of hydrogen-bond acceptors (Lipinski definition) is 5. The van der Waals surface area contributed by atoms with Gasteiger partial charge in [-0.2, -0.15) is 5.26 Å². The van der Waals surface area contributed by atoms with Crippen LogP contribution in [0.1, 0.15) is 5.69 Å². The predicted octanol–water partition coefficient (Wildman–Crippen LogP) is 2.65. The van der Waals surface area contributed by atoms with E-state index in [1.54, 1.807) is 12.1 Å². The van der Waals surface area contributed by atoms with Crippen LogP contribution < -0.4 is 4.74 Å². The highest BCUT2D eigenvalue weighted by molar-refractivity contribution is 5.47. The lowest BCUT2D eigenvalue weighted by molar-refractivity contribution is -0.385. The van der Waals surface area contributed by atoms with Gasteiger partial charge < -0.3 is 4.74 Å². The molecule has 1 aromatic heterocycles. The van der Waals surface area contributed by atoms with Crippen molar-refractivity contribution in [3.8, 4) is 17.6 Å². The summed E-state index contributed by atoms with van der Waals surface area (Å²) in [6.07, 6.45) is 1.34. The van der Waals surface area contributed by atoms with Gasteiger partial charge in [-0.3, -0.25) is 10.1 Å². The zero-order chi connectivity index (χ0) is 13.0. The first-order valence-corrected chi connectivity index (χ1v) is 4.98. The number of nitro groups is 1. The van der Waals surface area contributed by atoms with Crippen LogP contribution in [0.25, 0.3) is 0 Å². The first-order valence-electron chi connectivity index (χ1n) is 4.98. The van der Waals surface area contributed by atoms with Crippen molar-refractivity contribution in [3.63, 3.8) is 0 Å². The Morgan fingerprint density at radius 3 is 2.67 bits per heavy atom. The third-order valence-corrected chi connectivity index (χ3v) is 2.14. The van der Waals surface area contributed by atoms with Crippen molar-refractivity contribution in [3.05, 3.63) is 58.4 Å². The van der Waals surface area contributed by atoms with Crippen molar-refractivity contribution in [2.24, 2.45) is 0 Å². The van der Waals surface area contributed by atoms with Crippen LogP contribution in [0.15, 0.2) is 42.6 Å². The van der Waals surface area contributed by atoms with Gasteiger partial charge in [-0.25, -0.2) is 4.98 Å². The molecule has 0 saturated heterocycles. The lowest BCUT2D eigenvalue weighted by atomic mass is 10.3. The van der Waals surface area contributed by atoms with Gasteiger partial charge in [0.1, 0.15) is 17.5 Å². The molecule has 0 amide bonds. The van der Waals surface area contributed by atoms with E-state index in [0.717, 1.165) is 0 Å². The number of aromatic nitrogens is 1. The minimum absolute atomic E-state index is 0.123. The van der Waals surface area contributed by atoms with Gasteiger partial charge in [0.05, 0.1) is 11.1 Å². The Morgan fingerprint density at radius 2 is 2.06 bits per heavy atom. The number of pyridine rings is 1. The highest BCUT2D eigenvalue weighted by atomic mass is 16.6. The summed E-state index contributed by atoms with van der Waals surface area (Å²) in [5.74, 6) is 0.470. The minimum atomic E-state index is -0.521. The largest absolute Gasteiger partial charge is 0.449 e. The van der Waals surface area contributed by atoms with Crippen LogP contribution in [0.3, 0.4) is 0 Å². The lowest BCUT2D eigenvalue weighted by Gasteiger charge is -2.05. The molecule has 2 aromatic rings. The summed E-state index contributed by atoms with van der Waals surface area (Å²) < 4.78 is 5.36. The second kappa shape index (κ2) is 4.93. The van der Waals surface area contributed by atoms with E-state index in [2.05, 4.69) is 4.98 Å². The highest BCUT2D eigenvalue weighted by Gasteiger charge is 2.14. The summed E-state index contributed by atoms with van der Waals surface area (Å²) in [4.78, 5) is 14.1. The molecule has 0 atom stereocenters. The van der Waals surface area contributed by atoms with Crippen molar-refractivity contribution in [2.45, 2.75) is 0 Å². The van der Waals surface area contributed by atoms with Crippen molar-refractivity contribution in [1.29, 1.82) is 5.26 Å². The Bertz CT molecular complexity index is 617. The Hall–Kier alpha value is -2.94. The lowest BCUT2D eigenvalue weighted by Crippen LogP contribution is -1.93. The average molecular weight is 241 g/mol. The number of para-hydroxylation sites is 2. The summed E-state index contributed by atoms with van der Waals surface area (Å²) in [5.41, 5.74) is 0.131.